The van der Waals surface area contributed by atoms with Gasteiger partial charge < -0.3 is 20.1 Å². The monoisotopic (exact) mass is 382 g/mol. The molecule has 2 aromatic carbocycles. The van der Waals surface area contributed by atoms with Crippen molar-refractivity contribution in [2.75, 3.05) is 11.9 Å². The molecule has 146 valence electrons. The van der Waals surface area contributed by atoms with Gasteiger partial charge in [0.25, 0.3) is 5.91 Å². The molecule has 0 aliphatic heterocycles. The lowest BCUT2D eigenvalue weighted by Gasteiger charge is -2.08. The van der Waals surface area contributed by atoms with Crippen molar-refractivity contribution in [2.45, 2.75) is 20.4 Å². The number of carbonyl (C=O) groups excluding carboxylic acids is 3. The lowest BCUT2D eigenvalue weighted by molar-refractivity contribution is -0.117. The molecule has 2 rings (SSSR count). The van der Waals surface area contributed by atoms with Gasteiger partial charge in [0.05, 0.1) is 6.61 Å². The fourth-order valence-electron chi connectivity index (χ4n) is 2.16. The van der Waals surface area contributed by atoms with E-state index in [0.717, 1.165) is 5.56 Å². The number of benzene rings is 2. The summed E-state index contributed by atoms with van der Waals surface area (Å²) in [4.78, 5) is 35.1. The van der Waals surface area contributed by atoms with Gasteiger partial charge in [-0.1, -0.05) is 18.7 Å². The minimum Gasteiger partial charge on any atom is -0.434 e. The van der Waals surface area contributed by atoms with Gasteiger partial charge in [0.15, 0.2) is 0 Å². The molecule has 0 aliphatic rings. The second-order valence-electron chi connectivity index (χ2n) is 5.92. The van der Waals surface area contributed by atoms with Crippen LogP contribution in [0.1, 0.15) is 29.8 Å². The number of hydrogen-bond donors (Lipinski definition) is 2. The number of carbonyl (C=O) groups is 3. The van der Waals surface area contributed by atoms with Gasteiger partial charge in [-0.3, -0.25) is 9.59 Å². The van der Waals surface area contributed by atoms with Gasteiger partial charge in [0.2, 0.25) is 5.91 Å². The van der Waals surface area contributed by atoms with E-state index in [-0.39, 0.29) is 24.2 Å². The zero-order valence-corrected chi connectivity index (χ0v) is 15.8. The maximum Gasteiger partial charge on any atom is 0.513 e. The van der Waals surface area contributed by atoms with E-state index in [1.165, 1.54) is 12.1 Å². The Morgan fingerprint density at radius 2 is 1.64 bits per heavy atom. The summed E-state index contributed by atoms with van der Waals surface area (Å²) in [5, 5.41) is 5.52. The Balaban J connectivity index is 1.90. The van der Waals surface area contributed by atoms with Gasteiger partial charge in [-0.25, -0.2) is 4.79 Å². The highest BCUT2D eigenvalue weighted by molar-refractivity contribution is 6.04. The molecule has 0 radical (unpaired) electrons. The highest BCUT2D eigenvalue weighted by Gasteiger charge is 2.09. The first-order valence-electron chi connectivity index (χ1n) is 8.67. The number of ether oxygens (including phenoxy) is 2. The number of nitrogens with one attached hydrogen (secondary N) is 2. The van der Waals surface area contributed by atoms with E-state index in [2.05, 4.69) is 21.9 Å². The van der Waals surface area contributed by atoms with Crippen LogP contribution in [0.15, 0.2) is 60.7 Å². The number of anilines is 1. The maximum atomic E-state index is 12.3. The minimum atomic E-state index is -0.792. The van der Waals surface area contributed by atoms with Gasteiger partial charge in [0, 0.05) is 23.4 Å². The highest BCUT2D eigenvalue weighted by Crippen LogP contribution is 2.15. The summed E-state index contributed by atoms with van der Waals surface area (Å²) < 4.78 is 9.63. The molecule has 2 aromatic rings. The van der Waals surface area contributed by atoms with Crippen LogP contribution in [0.4, 0.5) is 10.5 Å². The van der Waals surface area contributed by atoms with Crippen molar-refractivity contribution in [2.24, 2.45) is 0 Å². The molecular weight excluding hydrogens is 360 g/mol. The van der Waals surface area contributed by atoms with Crippen LogP contribution in [-0.4, -0.2) is 24.6 Å². The fraction of sp³-hybridized carbons (Fsp3) is 0.190. The molecule has 0 bridgehead atoms. The highest BCUT2D eigenvalue weighted by atomic mass is 16.7. The topological polar surface area (TPSA) is 93.7 Å². The Morgan fingerprint density at radius 1 is 1.00 bits per heavy atom. The van der Waals surface area contributed by atoms with Crippen LogP contribution in [0.25, 0.3) is 0 Å². The molecule has 0 saturated carbocycles. The zero-order chi connectivity index (χ0) is 20.5. The van der Waals surface area contributed by atoms with Crippen molar-refractivity contribution in [1.29, 1.82) is 0 Å². The molecule has 7 nitrogen and oxygen atoms in total. The van der Waals surface area contributed by atoms with E-state index in [1.807, 2.05) is 12.1 Å². The third kappa shape index (κ3) is 6.28. The molecular formula is C21H22N2O5. The van der Waals surface area contributed by atoms with Crippen LogP contribution in [0.5, 0.6) is 5.75 Å². The van der Waals surface area contributed by atoms with Crippen molar-refractivity contribution in [3.63, 3.8) is 0 Å². The number of amides is 2. The van der Waals surface area contributed by atoms with E-state index in [9.17, 15) is 14.4 Å². The van der Waals surface area contributed by atoms with Gasteiger partial charge in [-0.15, -0.1) is 0 Å². The lowest BCUT2D eigenvalue weighted by Crippen LogP contribution is -2.22. The predicted molar refractivity (Wildman–Crippen MR) is 105 cm³/mol. The lowest BCUT2D eigenvalue weighted by atomic mass is 10.1. The van der Waals surface area contributed by atoms with E-state index in [0.29, 0.717) is 23.4 Å². The first kappa shape index (κ1) is 20.7. The third-order valence-corrected chi connectivity index (χ3v) is 3.63. The van der Waals surface area contributed by atoms with Crippen molar-refractivity contribution in [3.05, 3.63) is 71.8 Å². The summed E-state index contributed by atoms with van der Waals surface area (Å²) in [7, 11) is 0. The Hall–Kier alpha value is -3.61. The summed E-state index contributed by atoms with van der Waals surface area (Å²) >= 11 is 0. The second kappa shape index (κ2) is 9.91. The van der Waals surface area contributed by atoms with E-state index in [1.54, 1.807) is 38.1 Å². The zero-order valence-electron chi connectivity index (χ0n) is 15.8. The van der Waals surface area contributed by atoms with Crippen LogP contribution < -0.4 is 15.4 Å². The molecule has 7 heteroatoms. The Morgan fingerprint density at radius 3 is 2.21 bits per heavy atom. The third-order valence-electron chi connectivity index (χ3n) is 3.63. The van der Waals surface area contributed by atoms with Gasteiger partial charge in [-0.05, 0) is 55.8 Å². The normalized spacial score (nSPS) is 9.93. The molecule has 28 heavy (non-hydrogen) atoms. The summed E-state index contributed by atoms with van der Waals surface area (Å²) in [6.07, 6.45) is -0.792. The smallest absolute Gasteiger partial charge is 0.434 e. The molecule has 0 aromatic heterocycles. The van der Waals surface area contributed by atoms with E-state index in [4.69, 9.17) is 4.74 Å². The molecule has 2 N–H and O–H groups in total. The Kier molecular flexibility index (Phi) is 7.33. The largest absolute Gasteiger partial charge is 0.513 e. The molecule has 0 aliphatic carbocycles. The molecule has 0 saturated heterocycles. The van der Waals surface area contributed by atoms with Crippen molar-refractivity contribution >= 4 is 23.7 Å². The standard InChI is InChI=1S/C21H22N2O5/c1-4-27-21(26)28-18-11-7-16(8-12-18)20(25)23-17-9-5-15(6-10-17)13-22-19(24)14(2)3/h5-12H,2,4,13H2,1,3H3,(H,22,24)(H,23,25). The molecule has 0 heterocycles. The first-order chi connectivity index (χ1) is 13.4. The minimum absolute atomic E-state index is 0.201. The fourth-order valence-corrected chi connectivity index (χ4v) is 2.16. The quantitative estimate of drug-likeness (QED) is 0.433. The molecule has 0 spiro atoms. The molecule has 0 unspecified atom stereocenters. The van der Waals surface area contributed by atoms with Crippen LogP contribution >= 0.6 is 0 Å². The summed E-state index contributed by atoms with van der Waals surface area (Å²) in [5.74, 6) is -0.213. The van der Waals surface area contributed by atoms with E-state index < -0.39 is 6.16 Å². The molecule has 0 atom stereocenters. The maximum absolute atomic E-state index is 12.3. The predicted octanol–water partition coefficient (Wildman–Crippen LogP) is 3.67. The van der Waals surface area contributed by atoms with Crippen LogP contribution in [-0.2, 0) is 16.1 Å². The van der Waals surface area contributed by atoms with Crippen LogP contribution in [0.2, 0.25) is 0 Å². The van der Waals surface area contributed by atoms with Gasteiger partial charge in [-0.2, -0.15) is 0 Å². The SMILES string of the molecule is C=C(C)C(=O)NCc1ccc(NC(=O)c2ccc(OC(=O)OCC)cc2)cc1. The first-order valence-corrected chi connectivity index (χ1v) is 8.67. The summed E-state index contributed by atoms with van der Waals surface area (Å²) in [6.45, 7) is 7.50. The van der Waals surface area contributed by atoms with E-state index >= 15 is 0 Å². The molecule has 0 fully saturated rings. The van der Waals surface area contributed by atoms with Crippen molar-refractivity contribution in [3.8, 4) is 5.75 Å². The van der Waals surface area contributed by atoms with Gasteiger partial charge in [0.1, 0.15) is 5.75 Å². The summed E-state index contributed by atoms with van der Waals surface area (Å²) in [6, 6.07) is 13.2. The van der Waals surface area contributed by atoms with Crippen LogP contribution in [0.3, 0.4) is 0 Å². The van der Waals surface area contributed by atoms with Gasteiger partial charge >= 0.3 is 6.16 Å². The van der Waals surface area contributed by atoms with Crippen molar-refractivity contribution < 1.29 is 23.9 Å². The Labute approximate surface area is 163 Å². The Bertz CT molecular complexity index is 857. The average molecular weight is 382 g/mol. The number of hydrogen-bond acceptors (Lipinski definition) is 5. The summed E-state index contributed by atoms with van der Waals surface area (Å²) in [5.41, 5.74) is 2.37. The average Bonchev–Trinajstić information content (AvgIpc) is 2.67. The number of rotatable bonds is 7. The van der Waals surface area contributed by atoms with Crippen LogP contribution in [0, 0.1) is 0 Å². The van der Waals surface area contributed by atoms with Crippen molar-refractivity contribution in [1.82, 2.24) is 5.32 Å². The molecule has 2 amide bonds. The second-order valence-corrected chi connectivity index (χ2v) is 5.92.